The summed E-state index contributed by atoms with van der Waals surface area (Å²) in [6.07, 6.45) is 3.74. The minimum absolute atomic E-state index is 0. The third kappa shape index (κ3) is 2.85. The summed E-state index contributed by atoms with van der Waals surface area (Å²) in [6.45, 7) is 2.69. The maximum absolute atomic E-state index is 5.39. The van der Waals surface area contributed by atoms with Crippen LogP contribution in [0.1, 0.15) is 18.4 Å². The summed E-state index contributed by atoms with van der Waals surface area (Å²) >= 11 is 0. The number of hydrogen-bond acceptors (Lipinski definition) is 3. The lowest BCUT2D eigenvalue weighted by Crippen LogP contribution is -2.28. The molecule has 2 aliphatic rings. The molecule has 1 fully saturated rings. The zero-order chi connectivity index (χ0) is 10.8. The SMILES string of the molecule is Cl.c1cc2c(cc1CC1CCNCC1)OCO2. The fraction of sp³-hybridized carbons (Fsp3) is 0.538. The first-order chi connectivity index (χ1) is 7.92. The van der Waals surface area contributed by atoms with Crippen molar-refractivity contribution in [2.75, 3.05) is 19.9 Å². The molecule has 0 amide bonds. The molecular weight excluding hydrogens is 238 g/mol. The van der Waals surface area contributed by atoms with Crippen LogP contribution in [0.25, 0.3) is 0 Å². The molecule has 0 unspecified atom stereocenters. The van der Waals surface area contributed by atoms with E-state index in [-0.39, 0.29) is 12.4 Å². The summed E-state index contributed by atoms with van der Waals surface area (Å²) < 4.78 is 10.7. The van der Waals surface area contributed by atoms with Gasteiger partial charge in [0.05, 0.1) is 0 Å². The highest BCUT2D eigenvalue weighted by Gasteiger charge is 2.17. The van der Waals surface area contributed by atoms with Crippen molar-refractivity contribution in [2.24, 2.45) is 5.92 Å². The average Bonchev–Trinajstić information content (AvgIpc) is 2.77. The van der Waals surface area contributed by atoms with E-state index in [1.807, 2.05) is 6.07 Å². The molecule has 0 saturated carbocycles. The van der Waals surface area contributed by atoms with Crippen LogP contribution < -0.4 is 14.8 Å². The monoisotopic (exact) mass is 255 g/mol. The quantitative estimate of drug-likeness (QED) is 0.880. The minimum Gasteiger partial charge on any atom is -0.454 e. The second kappa shape index (κ2) is 5.61. The number of benzene rings is 1. The minimum atomic E-state index is 0. The van der Waals surface area contributed by atoms with Gasteiger partial charge < -0.3 is 14.8 Å². The van der Waals surface area contributed by atoms with Gasteiger partial charge in [-0.2, -0.15) is 0 Å². The lowest BCUT2D eigenvalue weighted by molar-refractivity contribution is 0.174. The van der Waals surface area contributed by atoms with E-state index in [9.17, 15) is 0 Å². The third-order valence-electron chi connectivity index (χ3n) is 3.42. The van der Waals surface area contributed by atoms with Crippen molar-refractivity contribution >= 4 is 12.4 Å². The molecule has 1 aromatic rings. The van der Waals surface area contributed by atoms with Crippen molar-refractivity contribution in [3.63, 3.8) is 0 Å². The van der Waals surface area contributed by atoms with Crippen LogP contribution in [0.2, 0.25) is 0 Å². The van der Waals surface area contributed by atoms with Crippen molar-refractivity contribution in [1.82, 2.24) is 5.32 Å². The summed E-state index contributed by atoms with van der Waals surface area (Å²) in [6, 6.07) is 6.32. The van der Waals surface area contributed by atoms with Gasteiger partial charge in [0.1, 0.15) is 0 Å². The Balaban J connectivity index is 0.00000108. The van der Waals surface area contributed by atoms with Crippen LogP contribution in [0.4, 0.5) is 0 Å². The highest BCUT2D eigenvalue weighted by Crippen LogP contribution is 2.33. The van der Waals surface area contributed by atoms with Crippen LogP contribution in [-0.2, 0) is 6.42 Å². The maximum atomic E-state index is 5.39. The number of ether oxygens (including phenoxy) is 2. The van der Waals surface area contributed by atoms with Crippen LogP contribution >= 0.6 is 12.4 Å². The molecule has 0 aromatic heterocycles. The molecule has 3 rings (SSSR count). The molecule has 94 valence electrons. The Hall–Kier alpha value is -0.930. The molecule has 0 aliphatic carbocycles. The van der Waals surface area contributed by atoms with Gasteiger partial charge in [0.2, 0.25) is 6.79 Å². The number of hydrogen-bond donors (Lipinski definition) is 1. The van der Waals surface area contributed by atoms with Crippen molar-refractivity contribution in [2.45, 2.75) is 19.3 Å². The van der Waals surface area contributed by atoms with Gasteiger partial charge >= 0.3 is 0 Å². The smallest absolute Gasteiger partial charge is 0.231 e. The number of nitrogens with one attached hydrogen (secondary N) is 1. The first-order valence-corrected chi connectivity index (χ1v) is 6.01. The van der Waals surface area contributed by atoms with Gasteiger partial charge in [-0.3, -0.25) is 0 Å². The molecule has 17 heavy (non-hydrogen) atoms. The first kappa shape index (κ1) is 12.5. The van der Waals surface area contributed by atoms with Gasteiger partial charge in [-0.25, -0.2) is 0 Å². The Morgan fingerprint density at radius 3 is 2.71 bits per heavy atom. The molecule has 4 heteroatoms. The molecule has 0 radical (unpaired) electrons. The van der Waals surface area contributed by atoms with Gasteiger partial charge in [-0.15, -0.1) is 12.4 Å². The van der Waals surface area contributed by atoms with E-state index in [0.29, 0.717) is 6.79 Å². The molecule has 0 spiro atoms. The van der Waals surface area contributed by atoms with Crippen molar-refractivity contribution in [3.8, 4) is 11.5 Å². The topological polar surface area (TPSA) is 30.5 Å². The van der Waals surface area contributed by atoms with Crippen LogP contribution in [0.3, 0.4) is 0 Å². The summed E-state index contributed by atoms with van der Waals surface area (Å²) in [4.78, 5) is 0. The van der Waals surface area contributed by atoms with E-state index >= 15 is 0 Å². The number of fused-ring (bicyclic) bond motifs is 1. The Bertz CT molecular complexity index is 378. The number of rotatable bonds is 2. The molecule has 1 aromatic carbocycles. The molecule has 2 aliphatic heterocycles. The second-order valence-electron chi connectivity index (χ2n) is 4.59. The van der Waals surface area contributed by atoms with Gasteiger partial charge in [0.25, 0.3) is 0 Å². The zero-order valence-electron chi connectivity index (χ0n) is 9.78. The fourth-order valence-electron chi connectivity index (χ4n) is 2.49. The largest absolute Gasteiger partial charge is 0.454 e. The van der Waals surface area contributed by atoms with E-state index in [1.165, 1.54) is 24.8 Å². The number of piperidine rings is 1. The highest BCUT2D eigenvalue weighted by molar-refractivity contribution is 5.85. The zero-order valence-corrected chi connectivity index (χ0v) is 10.6. The molecule has 3 nitrogen and oxygen atoms in total. The second-order valence-corrected chi connectivity index (χ2v) is 4.59. The predicted molar refractivity (Wildman–Crippen MR) is 69.1 cm³/mol. The molecule has 2 heterocycles. The average molecular weight is 256 g/mol. The highest BCUT2D eigenvalue weighted by atomic mass is 35.5. The first-order valence-electron chi connectivity index (χ1n) is 6.01. The molecule has 1 saturated heterocycles. The van der Waals surface area contributed by atoms with Crippen LogP contribution in [0.5, 0.6) is 11.5 Å². The van der Waals surface area contributed by atoms with Gasteiger partial charge in [0, 0.05) is 0 Å². The molecule has 1 N–H and O–H groups in total. The van der Waals surface area contributed by atoms with Crippen LogP contribution in [-0.4, -0.2) is 19.9 Å². The van der Waals surface area contributed by atoms with E-state index in [1.54, 1.807) is 0 Å². The molecule has 0 bridgehead atoms. The molecular formula is C13H18ClNO2. The van der Waals surface area contributed by atoms with Gasteiger partial charge in [-0.05, 0) is 56.0 Å². The van der Waals surface area contributed by atoms with Gasteiger partial charge in [-0.1, -0.05) is 6.07 Å². The normalized spacial score (nSPS) is 18.8. The summed E-state index contributed by atoms with van der Waals surface area (Å²) in [5.41, 5.74) is 1.37. The molecule has 0 atom stereocenters. The Labute approximate surface area is 108 Å². The summed E-state index contributed by atoms with van der Waals surface area (Å²) in [5.74, 6) is 2.61. The van der Waals surface area contributed by atoms with E-state index in [4.69, 9.17) is 9.47 Å². The summed E-state index contributed by atoms with van der Waals surface area (Å²) in [5, 5.41) is 3.40. The van der Waals surface area contributed by atoms with Crippen LogP contribution in [0.15, 0.2) is 18.2 Å². The number of halogens is 1. The fourth-order valence-corrected chi connectivity index (χ4v) is 2.49. The van der Waals surface area contributed by atoms with Crippen molar-refractivity contribution < 1.29 is 9.47 Å². The van der Waals surface area contributed by atoms with E-state index in [0.717, 1.165) is 30.5 Å². The van der Waals surface area contributed by atoms with Crippen LogP contribution in [0, 0.1) is 5.92 Å². The Morgan fingerprint density at radius 2 is 1.88 bits per heavy atom. The Morgan fingerprint density at radius 1 is 1.12 bits per heavy atom. The Kier molecular flexibility index (Phi) is 4.13. The van der Waals surface area contributed by atoms with E-state index < -0.39 is 0 Å². The predicted octanol–water partition coefficient (Wildman–Crippen LogP) is 2.38. The van der Waals surface area contributed by atoms with Gasteiger partial charge in [0.15, 0.2) is 11.5 Å². The van der Waals surface area contributed by atoms with E-state index in [2.05, 4.69) is 17.4 Å². The van der Waals surface area contributed by atoms with Crippen molar-refractivity contribution in [3.05, 3.63) is 23.8 Å². The summed E-state index contributed by atoms with van der Waals surface area (Å²) in [7, 11) is 0. The maximum Gasteiger partial charge on any atom is 0.231 e. The lowest BCUT2D eigenvalue weighted by atomic mass is 9.91. The lowest BCUT2D eigenvalue weighted by Gasteiger charge is -2.22. The standard InChI is InChI=1S/C13H17NO2.ClH/c1-2-12-13(16-9-15-12)8-11(1)7-10-3-5-14-6-4-10;/h1-2,8,10,14H,3-7,9H2;1H. The van der Waals surface area contributed by atoms with Crippen molar-refractivity contribution in [1.29, 1.82) is 0 Å². The third-order valence-corrected chi connectivity index (χ3v) is 3.42.